The van der Waals surface area contributed by atoms with E-state index in [0.717, 1.165) is 6.42 Å². The lowest BCUT2D eigenvalue weighted by Crippen LogP contribution is -2.28. The largest absolute Gasteiger partial charge is 0.276 e. The zero-order valence-electron chi connectivity index (χ0n) is 9.47. The smallest absolute Gasteiger partial charge is 0.0594 e. The second-order valence-corrected chi connectivity index (χ2v) is 5.21. The molecule has 0 bridgehead atoms. The van der Waals surface area contributed by atoms with E-state index in [1.807, 2.05) is 24.1 Å². The van der Waals surface area contributed by atoms with Crippen molar-refractivity contribution in [3.63, 3.8) is 0 Å². The molecule has 16 heavy (non-hydrogen) atoms. The Hall–Kier alpha value is -1.17. The van der Waals surface area contributed by atoms with E-state index in [2.05, 4.69) is 29.6 Å². The monoisotopic (exact) mass is 236 g/mol. The van der Waals surface area contributed by atoms with Crippen LogP contribution < -0.4 is 11.3 Å². The lowest BCUT2D eigenvalue weighted by molar-refractivity contribution is 0.560. The summed E-state index contributed by atoms with van der Waals surface area (Å²) in [5.41, 5.74) is 4.05. The predicted octanol–water partition coefficient (Wildman–Crippen LogP) is 1.54. The first-order valence-corrected chi connectivity index (χ1v) is 6.00. The Morgan fingerprint density at radius 3 is 2.88 bits per heavy atom. The SMILES string of the molecule is Cc1ccc(C(Cc2cnn(C)c2)NN)s1. The van der Waals surface area contributed by atoms with Gasteiger partial charge in [0, 0.05) is 23.0 Å². The van der Waals surface area contributed by atoms with Gasteiger partial charge in [-0.15, -0.1) is 11.3 Å². The maximum atomic E-state index is 5.60. The Kier molecular flexibility index (Phi) is 3.38. The van der Waals surface area contributed by atoms with E-state index in [-0.39, 0.29) is 6.04 Å². The third-order valence-electron chi connectivity index (χ3n) is 2.50. The standard InChI is InChI=1S/C11H16N4S/c1-8-3-4-11(16-8)10(14-12)5-9-6-13-15(2)7-9/h3-4,6-7,10,14H,5,12H2,1-2H3. The van der Waals surface area contributed by atoms with Crippen LogP contribution in [0.1, 0.15) is 21.4 Å². The fraction of sp³-hybridized carbons (Fsp3) is 0.364. The number of nitrogens with two attached hydrogens (primary N) is 1. The molecule has 1 unspecified atom stereocenters. The minimum Gasteiger partial charge on any atom is -0.276 e. The molecule has 0 radical (unpaired) electrons. The summed E-state index contributed by atoms with van der Waals surface area (Å²) in [7, 11) is 1.92. The van der Waals surface area contributed by atoms with Crippen LogP contribution in [0, 0.1) is 6.92 Å². The van der Waals surface area contributed by atoms with Crippen molar-refractivity contribution in [1.29, 1.82) is 0 Å². The lowest BCUT2D eigenvalue weighted by atomic mass is 10.1. The van der Waals surface area contributed by atoms with E-state index >= 15 is 0 Å². The summed E-state index contributed by atoms with van der Waals surface area (Å²) in [6.45, 7) is 2.10. The summed E-state index contributed by atoms with van der Waals surface area (Å²) in [5.74, 6) is 5.60. The number of aryl methyl sites for hydroxylation is 2. The molecule has 0 aliphatic carbocycles. The van der Waals surface area contributed by atoms with Gasteiger partial charge in [-0.3, -0.25) is 16.0 Å². The highest BCUT2D eigenvalue weighted by Crippen LogP contribution is 2.24. The second kappa shape index (κ2) is 4.78. The second-order valence-electron chi connectivity index (χ2n) is 3.89. The Balaban J connectivity index is 2.12. The first-order chi connectivity index (χ1) is 7.69. The molecule has 2 aromatic heterocycles. The molecule has 3 N–H and O–H groups in total. The number of thiophene rings is 1. The van der Waals surface area contributed by atoms with Gasteiger partial charge >= 0.3 is 0 Å². The average molecular weight is 236 g/mol. The van der Waals surface area contributed by atoms with Crippen LogP contribution in [0.15, 0.2) is 24.5 Å². The van der Waals surface area contributed by atoms with E-state index in [4.69, 9.17) is 5.84 Å². The van der Waals surface area contributed by atoms with Gasteiger partial charge in [0.2, 0.25) is 0 Å². The first-order valence-electron chi connectivity index (χ1n) is 5.19. The average Bonchev–Trinajstić information content (AvgIpc) is 2.84. The van der Waals surface area contributed by atoms with Crippen molar-refractivity contribution in [2.75, 3.05) is 0 Å². The van der Waals surface area contributed by atoms with Gasteiger partial charge in [-0.2, -0.15) is 5.10 Å². The number of nitrogens with one attached hydrogen (secondary N) is 1. The molecule has 0 saturated heterocycles. The van der Waals surface area contributed by atoms with Crippen LogP contribution in [0.3, 0.4) is 0 Å². The number of rotatable bonds is 4. The van der Waals surface area contributed by atoms with E-state index < -0.39 is 0 Å². The Bertz CT molecular complexity index is 460. The third kappa shape index (κ3) is 2.49. The fourth-order valence-electron chi connectivity index (χ4n) is 1.70. The molecule has 2 rings (SSSR count). The quantitative estimate of drug-likeness (QED) is 0.625. The molecule has 0 amide bonds. The molecular weight excluding hydrogens is 220 g/mol. The van der Waals surface area contributed by atoms with E-state index in [1.165, 1.54) is 15.3 Å². The van der Waals surface area contributed by atoms with Gasteiger partial charge in [0.15, 0.2) is 0 Å². The van der Waals surface area contributed by atoms with Gasteiger partial charge in [0.1, 0.15) is 0 Å². The molecule has 0 saturated carbocycles. The molecule has 4 nitrogen and oxygen atoms in total. The normalized spacial score (nSPS) is 12.9. The van der Waals surface area contributed by atoms with Crippen LogP contribution in [0.4, 0.5) is 0 Å². The van der Waals surface area contributed by atoms with E-state index in [9.17, 15) is 0 Å². The van der Waals surface area contributed by atoms with E-state index in [0.29, 0.717) is 0 Å². The van der Waals surface area contributed by atoms with Crippen LogP contribution in [0.2, 0.25) is 0 Å². The number of hydrogen-bond acceptors (Lipinski definition) is 4. The Morgan fingerprint density at radius 1 is 1.56 bits per heavy atom. The number of hydrogen-bond donors (Lipinski definition) is 2. The molecular formula is C11H16N4S. The Labute approximate surface area is 99.1 Å². The van der Waals surface area contributed by atoms with Crippen LogP contribution in [0.25, 0.3) is 0 Å². The maximum absolute atomic E-state index is 5.60. The van der Waals surface area contributed by atoms with Crippen LogP contribution in [0.5, 0.6) is 0 Å². The highest BCUT2D eigenvalue weighted by atomic mass is 32.1. The molecule has 0 spiro atoms. The minimum absolute atomic E-state index is 0.169. The topological polar surface area (TPSA) is 55.9 Å². The van der Waals surface area contributed by atoms with Crippen LogP contribution in [-0.2, 0) is 13.5 Å². The lowest BCUT2D eigenvalue weighted by Gasteiger charge is -2.12. The highest BCUT2D eigenvalue weighted by molar-refractivity contribution is 7.12. The van der Waals surface area contributed by atoms with Crippen molar-refractivity contribution in [1.82, 2.24) is 15.2 Å². The van der Waals surface area contributed by atoms with Crippen molar-refractivity contribution in [3.8, 4) is 0 Å². The van der Waals surface area contributed by atoms with Crippen molar-refractivity contribution >= 4 is 11.3 Å². The summed E-state index contributed by atoms with van der Waals surface area (Å²) in [6.07, 6.45) is 4.76. The van der Waals surface area contributed by atoms with Crippen molar-refractivity contribution in [2.24, 2.45) is 12.9 Å². The highest BCUT2D eigenvalue weighted by Gasteiger charge is 2.13. The van der Waals surface area contributed by atoms with Gasteiger partial charge in [-0.1, -0.05) is 0 Å². The van der Waals surface area contributed by atoms with Crippen LogP contribution >= 0.6 is 11.3 Å². The molecule has 0 aliphatic heterocycles. The van der Waals surface area contributed by atoms with Crippen molar-refractivity contribution < 1.29 is 0 Å². The van der Waals surface area contributed by atoms with Gasteiger partial charge in [-0.25, -0.2) is 0 Å². The zero-order chi connectivity index (χ0) is 11.5. The Morgan fingerprint density at radius 2 is 2.38 bits per heavy atom. The number of nitrogens with zero attached hydrogens (tertiary/aromatic N) is 2. The summed E-state index contributed by atoms with van der Waals surface area (Å²) >= 11 is 1.78. The summed E-state index contributed by atoms with van der Waals surface area (Å²) in [4.78, 5) is 2.57. The van der Waals surface area contributed by atoms with Gasteiger partial charge < -0.3 is 0 Å². The molecule has 0 aromatic carbocycles. The minimum atomic E-state index is 0.169. The fourth-order valence-corrected chi connectivity index (χ4v) is 2.63. The molecule has 2 heterocycles. The predicted molar refractivity (Wildman–Crippen MR) is 66.0 cm³/mol. The summed E-state index contributed by atoms with van der Waals surface area (Å²) in [6, 6.07) is 4.41. The van der Waals surface area contributed by atoms with Crippen molar-refractivity contribution in [3.05, 3.63) is 39.8 Å². The van der Waals surface area contributed by atoms with Gasteiger partial charge in [-0.05, 0) is 31.0 Å². The molecule has 1 atom stereocenters. The zero-order valence-corrected chi connectivity index (χ0v) is 10.3. The van der Waals surface area contributed by atoms with Crippen LogP contribution in [-0.4, -0.2) is 9.78 Å². The molecule has 5 heteroatoms. The molecule has 0 aliphatic rings. The summed E-state index contributed by atoms with van der Waals surface area (Å²) in [5, 5.41) is 4.15. The molecule has 0 fully saturated rings. The third-order valence-corrected chi connectivity index (χ3v) is 3.62. The van der Waals surface area contributed by atoms with Gasteiger partial charge in [0.25, 0.3) is 0 Å². The van der Waals surface area contributed by atoms with E-state index in [1.54, 1.807) is 11.3 Å². The molecule has 2 aromatic rings. The number of aromatic nitrogens is 2. The first kappa shape index (κ1) is 11.3. The van der Waals surface area contributed by atoms with Crippen molar-refractivity contribution in [2.45, 2.75) is 19.4 Å². The maximum Gasteiger partial charge on any atom is 0.0594 e. The number of hydrazine groups is 1. The summed E-state index contributed by atoms with van der Waals surface area (Å²) < 4.78 is 1.81. The van der Waals surface area contributed by atoms with Gasteiger partial charge in [0.05, 0.1) is 12.2 Å². The molecule has 86 valence electrons.